The number of carbonyl (C=O) groups is 1. The average molecular weight is 282 g/mol. The first kappa shape index (κ1) is 13.5. The first-order valence-electron chi connectivity index (χ1n) is 7.04. The van der Waals surface area contributed by atoms with Crippen molar-refractivity contribution in [2.75, 3.05) is 24.3 Å². The van der Waals surface area contributed by atoms with Crippen LogP contribution < -0.4 is 15.4 Å². The van der Waals surface area contributed by atoms with Crippen LogP contribution >= 0.6 is 0 Å². The van der Waals surface area contributed by atoms with E-state index in [0.29, 0.717) is 17.0 Å². The van der Waals surface area contributed by atoms with E-state index in [0.717, 1.165) is 25.1 Å². The van der Waals surface area contributed by atoms with Gasteiger partial charge in [0.1, 0.15) is 5.75 Å². The summed E-state index contributed by atoms with van der Waals surface area (Å²) in [7, 11) is 1.55. The Morgan fingerprint density at radius 3 is 2.86 bits per heavy atom. The zero-order valence-corrected chi connectivity index (χ0v) is 12.0. The minimum atomic E-state index is -0.0135. The van der Waals surface area contributed by atoms with Gasteiger partial charge in [0.05, 0.1) is 12.8 Å². The third-order valence-electron chi connectivity index (χ3n) is 3.84. The molecule has 0 saturated heterocycles. The largest absolute Gasteiger partial charge is 0.495 e. The second-order valence-corrected chi connectivity index (χ2v) is 5.15. The summed E-state index contributed by atoms with van der Waals surface area (Å²) in [5.41, 5.74) is 9.16. The quantitative estimate of drug-likeness (QED) is 0.862. The number of methoxy groups -OCH3 is 1. The second-order valence-electron chi connectivity index (χ2n) is 5.15. The van der Waals surface area contributed by atoms with Gasteiger partial charge in [-0.3, -0.25) is 4.79 Å². The molecule has 1 amide bonds. The van der Waals surface area contributed by atoms with Crippen LogP contribution in [0.15, 0.2) is 42.5 Å². The number of ether oxygens (including phenoxy) is 1. The van der Waals surface area contributed by atoms with Gasteiger partial charge in [-0.2, -0.15) is 0 Å². The molecule has 0 saturated carbocycles. The monoisotopic (exact) mass is 282 g/mol. The van der Waals surface area contributed by atoms with Crippen molar-refractivity contribution in [1.29, 1.82) is 0 Å². The molecule has 1 heterocycles. The molecule has 0 fully saturated rings. The third kappa shape index (κ3) is 2.44. The van der Waals surface area contributed by atoms with Gasteiger partial charge in [0.25, 0.3) is 5.91 Å². The fourth-order valence-electron chi connectivity index (χ4n) is 2.74. The number of benzene rings is 2. The highest BCUT2D eigenvalue weighted by atomic mass is 16.5. The van der Waals surface area contributed by atoms with Gasteiger partial charge >= 0.3 is 0 Å². The van der Waals surface area contributed by atoms with Gasteiger partial charge < -0.3 is 15.4 Å². The predicted molar refractivity (Wildman–Crippen MR) is 83.8 cm³/mol. The molecule has 0 aliphatic carbocycles. The topological polar surface area (TPSA) is 55.6 Å². The van der Waals surface area contributed by atoms with Crippen LogP contribution in [-0.4, -0.2) is 19.6 Å². The molecule has 2 aromatic carbocycles. The van der Waals surface area contributed by atoms with E-state index in [1.165, 1.54) is 5.56 Å². The van der Waals surface area contributed by atoms with E-state index in [4.69, 9.17) is 10.5 Å². The molecule has 0 bridgehead atoms. The van der Waals surface area contributed by atoms with Gasteiger partial charge in [0.2, 0.25) is 0 Å². The van der Waals surface area contributed by atoms with E-state index in [-0.39, 0.29) is 5.91 Å². The molecule has 4 nitrogen and oxygen atoms in total. The SMILES string of the molecule is COc1cc(C(=O)N2CCCc3ccccc32)ccc1N. The van der Waals surface area contributed by atoms with Crippen molar-refractivity contribution >= 4 is 17.3 Å². The van der Waals surface area contributed by atoms with Crippen LogP contribution in [-0.2, 0) is 6.42 Å². The summed E-state index contributed by atoms with van der Waals surface area (Å²) >= 11 is 0. The maximum absolute atomic E-state index is 12.8. The molecule has 0 aromatic heterocycles. The van der Waals surface area contributed by atoms with Crippen LogP contribution in [0.3, 0.4) is 0 Å². The van der Waals surface area contributed by atoms with Gasteiger partial charge in [-0.05, 0) is 42.7 Å². The van der Waals surface area contributed by atoms with Gasteiger partial charge in [-0.1, -0.05) is 18.2 Å². The highest BCUT2D eigenvalue weighted by Crippen LogP contribution is 2.29. The molecule has 108 valence electrons. The number of amides is 1. The molecule has 1 aliphatic heterocycles. The average Bonchev–Trinajstić information content (AvgIpc) is 2.54. The number of carbonyl (C=O) groups excluding carboxylic acids is 1. The number of anilines is 2. The van der Waals surface area contributed by atoms with Crippen LogP contribution in [0.25, 0.3) is 0 Å². The lowest BCUT2D eigenvalue weighted by molar-refractivity contribution is 0.0985. The molecule has 2 N–H and O–H groups in total. The lowest BCUT2D eigenvalue weighted by Crippen LogP contribution is -2.35. The van der Waals surface area contributed by atoms with E-state index >= 15 is 0 Å². The lowest BCUT2D eigenvalue weighted by atomic mass is 10.0. The lowest BCUT2D eigenvalue weighted by Gasteiger charge is -2.29. The molecular formula is C17H18N2O2. The molecule has 0 spiro atoms. The highest BCUT2D eigenvalue weighted by Gasteiger charge is 2.23. The van der Waals surface area contributed by atoms with Crippen LogP contribution in [0.1, 0.15) is 22.3 Å². The number of hydrogen-bond donors (Lipinski definition) is 1. The Morgan fingerprint density at radius 2 is 2.05 bits per heavy atom. The third-order valence-corrected chi connectivity index (χ3v) is 3.84. The number of aryl methyl sites for hydroxylation is 1. The molecule has 0 atom stereocenters. The minimum absolute atomic E-state index is 0.0135. The molecule has 0 unspecified atom stereocenters. The summed E-state index contributed by atoms with van der Waals surface area (Å²) in [4.78, 5) is 14.6. The van der Waals surface area contributed by atoms with Gasteiger partial charge in [-0.25, -0.2) is 0 Å². The molecule has 2 aromatic rings. The minimum Gasteiger partial charge on any atom is -0.495 e. The summed E-state index contributed by atoms with van der Waals surface area (Å²) in [5, 5.41) is 0. The van der Waals surface area contributed by atoms with Crippen molar-refractivity contribution in [2.45, 2.75) is 12.8 Å². The Hall–Kier alpha value is -2.49. The summed E-state index contributed by atoms with van der Waals surface area (Å²) < 4.78 is 5.20. The summed E-state index contributed by atoms with van der Waals surface area (Å²) in [6.07, 6.45) is 2.00. The first-order chi connectivity index (χ1) is 10.2. The van der Waals surface area contributed by atoms with Gasteiger partial charge in [0, 0.05) is 17.8 Å². The summed E-state index contributed by atoms with van der Waals surface area (Å²) in [6.45, 7) is 0.739. The fraction of sp³-hybridized carbons (Fsp3) is 0.235. The van der Waals surface area contributed by atoms with Crippen molar-refractivity contribution in [3.05, 3.63) is 53.6 Å². The Morgan fingerprint density at radius 1 is 1.24 bits per heavy atom. The first-order valence-corrected chi connectivity index (χ1v) is 7.04. The van der Waals surface area contributed by atoms with Crippen molar-refractivity contribution < 1.29 is 9.53 Å². The molecule has 1 aliphatic rings. The maximum Gasteiger partial charge on any atom is 0.258 e. The Bertz CT molecular complexity index is 682. The molecule has 0 radical (unpaired) electrons. The number of hydrogen-bond acceptors (Lipinski definition) is 3. The Balaban J connectivity index is 1.96. The van der Waals surface area contributed by atoms with Crippen LogP contribution in [0, 0.1) is 0 Å². The number of rotatable bonds is 2. The van der Waals surface area contributed by atoms with E-state index < -0.39 is 0 Å². The number of fused-ring (bicyclic) bond motifs is 1. The summed E-state index contributed by atoms with van der Waals surface area (Å²) in [6, 6.07) is 13.2. The molecular weight excluding hydrogens is 264 g/mol. The Kier molecular flexibility index (Phi) is 3.52. The normalized spacial score (nSPS) is 13.7. The second kappa shape index (κ2) is 5.48. The molecule has 4 heteroatoms. The Labute approximate surface area is 124 Å². The summed E-state index contributed by atoms with van der Waals surface area (Å²) in [5.74, 6) is 0.520. The number of nitrogens with zero attached hydrogens (tertiary/aromatic N) is 1. The van der Waals surface area contributed by atoms with E-state index in [2.05, 4.69) is 6.07 Å². The van der Waals surface area contributed by atoms with Crippen molar-refractivity contribution in [3.8, 4) is 5.75 Å². The number of nitrogens with two attached hydrogens (primary N) is 1. The van der Waals surface area contributed by atoms with Crippen LogP contribution in [0.4, 0.5) is 11.4 Å². The molecule has 3 rings (SSSR count). The fourth-order valence-corrected chi connectivity index (χ4v) is 2.74. The van der Waals surface area contributed by atoms with Crippen molar-refractivity contribution in [2.24, 2.45) is 0 Å². The van der Waals surface area contributed by atoms with Gasteiger partial charge in [-0.15, -0.1) is 0 Å². The maximum atomic E-state index is 12.8. The van der Waals surface area contributed by atoms with Crippen molar-refractivity contribution in [1.82, 2.24) is 0 Å². The van der Waals surface area contributed by atoms with E-state index in [1.54, 1.807) is 25.3 Å². The van der Waals surface area contributed by atoms with Crippen molar-refractivity contribution in [3.63, 3.8) is 0 Å². The zero-order valence-electron chi connectivity index (χ0n) is 12.0. The smallest absolute Gasteiger partial charge is 0.258 e. The van der Waals surface area contributed by atoms with E-state index in [9.17, 15) is 4.79 Å². The van der Waals surface area contributed by atoms with Gasteiger partial charge in [0.15, 0.2) is 0 Å². The number of para-hydroxylation sites is 1. The highest BCUT2D eigenvalue weighted by molar-refractivity contribution is 6.07. The standard InChI is InChI=1S/C17H18N2O2/c1-21-16-11-13(8-9-14(16)18)17(20)19-10-4-6-12-5-2-3-7-15(12)19/h2-3,5,7-9,11H,4,6,10,18H2,1H3. The predicted octanol–water partition coefficient (Wildman–Crippen LogP) is 2.87. The number of nitrogen functional groups attached to an aromatic ring is 1. The van der Waals surface area contributed by atoms with E-state index in [1.807, 2.05) is 23.1 Å². The zero-order chi connectivity index (χ0) is 14.8. The van der Waals surface area contributed by atoms with Crippen LogP contribution in [0.2, 0.25) is 0 Å². The molecule has 21 heavy (non-hydrogen) atoms. The van der Waals surface area contributed by atoms with Crippen LogP contribution in [0.5, 0.6) is 5.75 Å².